The van der Waals surface area contributed by atoms with E-state index in [-0.39, 0.29) is 18.2 Å². The Morgan fingerprint density at radius 1 is 1.29 bits per heavy atom. The molecule has 4 nitrogen and oxygen atoms in total. The number of amides is 1. The molecule has 0 fully saturated rings. The van der Waals surface area contributed by atoms with Gasteiger partial charge in [0.15, 0.2) is 5.82 Å². The zero-order valence-electron chi connectivity index (χ0n) is 11.8. The monoisotopic (exact) mass is 291 g/mol. The Kier molecular flexibility index (Phi) is 4.57. The Hall–Kier alpha value is -2.37. The Bertz CT molecular complexity index is 632. The second-order valence-corrected chi connectivity index (χ2v) is 4.85. The molecule has 2 aromatic heterocycles. The molecular weight excluding hydrogens is 276 g/mol. The first-order chi connectivity index (χ1) is 10.0. The summed E-state index contributed by atoms with van der Waals surface area (Å²) in [5.41, 5.74) is 0.495. The highest BCUT2D eigenvalue weighted by molar-refractivity contribution is 5.94. The normalized spacial score (nSPS) is 10.7. The van der Waals surface area contributed by atoms with Crippen molar-refractivity contribution >= 4 is 5.91 Å². The van der Waals surface area contributed by atoms with Gasteiger partial charge in [-0.25, -0.2) is 9.37 Å². The maximum Gasteiger partial charge on any atom is 0.257 e. The lowest BCUT2D eigenvalue weighted by Crippen LogP contribution is -2.37. The summed E-state index contributed by atoms with van der Waals surface area (Å²) in [6, 6.07) is 4.58. The van der Waals surface area contributed by atoms with Crippen LogP contribution in [0.5, 0.6) is 0 Å². The number of halogens is 2. The van der Waals surface area contributed by atoms with Crippen LogP contribution in [-0.2, 0) is 6.54 Å². The molecule has 0 bridgehead atoms. The van der Waals surface area contributed by atoms with Gasteiger partial charge in [0.05, 0.1) is 5.56 Å². The lowest BCUT2D eigenvalue weighted by atomic mass is 10.1. The van der Waals surface area contributed by atoms with Gasteiger partial charge in [0.2, 0.25) is 5.95 Å². The molecule has 1 amide bonds. The van der Waals surface area contributed by atoms with Crippen molar-refractivity contribution in [3.05, 3.63) is 59.7 Å². The number of pyridine rings is 2. The molecule has 0 N–H and O–H groups in total. The largest absolute Gasteiger partial charge is 0.332 e. The molecule has 0 aliphatic rings. The molecule has 0 radical (unpaired) electrons. The number of carbonyl (C=O) groups excluding carboxylic acids is 1. The highest BCUT2D eigenvalue weighted by Gasteiger charge is 2.24. The fourth-order valence-electron chi connectivity index (χ4n) is 1.92. The van der Waals surface area contributed by atoms with Gasteiger partial charge in [-0.05, 0) is 31.5 Å². The predicted octanol–water partition coefficient (Wildman–Crippen LogP) is 2.81. The number of nitrogens with zero attached hydrogens (tertiary/aromatic N) is 3. The molecule has 110 valence electrons. The number of carbonyl (C=O) groups is 1. The quantitative estimate of drug-likeness (QED) is 0.814. The van der Waals surface area contributed by atoms with Crippen LogP contribution in [-0.4, -0.2) is 26.8 Å². The van der Waals surface area contributed by atoms with Crippen molar-refractivity contribution in [1.82, 2.24) is 14.9 Å². The van der Waals surface area contributed by atoms with E-state index < -0.39 is 17.7 Å². The van der Waals surface area contributed by atoms with E-state index in [0.717, 1.165) is 11.8 Å². The van der Waals surface area contributed by atoms with E-state index in [1.54, 1.807) is 18.5 Å². The minimum Gasteiger partial charge on any atom is -0.332 e. The maximum atomic E-state index is 13.7. The van der Waals surface area contributed by atoms with Crippen molar-refractivity contribution in [2.75, 3.05) is 0 Å². The summed E-state index contributed by atoms with van der Waals surface area (Å²) >= 11 is 0. The van der Waals surface area contributed by atoms with Gasteiger partial charge in [0.1, 0.15) is 0 Å². The summed E-state index contributed by atoms with van der Waals surface area (Å²) in [7, 11) is 0. The number of rotatable bonds is 4. The molecule has 0 unspecified atom stereocenters. The van der Waals surface area contributed by atoms with Crippen molar-refractivity contribution in [1.29, 1.82) is 0 Å². The molecule has 2 rings (SSSR count). The van der Waals surface area contributed by atoms with Gasteiger partial charge in [-0.3, -0.25) is 9.78 Å². The lowest BCUT2D eigenvalue weighted by Gasteiger charge is -2.27. The Balaban J connectivity index is 2.30. The average molecular weight is 291 g/mol. The molecule has 0 saturated heterocycles. The average Bonchev–Trinajstić information content (AvgIpc) is 2.48. The first-order valence-electron chi connectivity index (χ1n) is 6.50. The summed E-state index contributed by atoms with van der Waals surface area (Å²) in [6.07, 6.45) is 4.34. The first kappa shape index (κ1) is 15.0. The third kappa shape index (κ3) is 3.39. The molecule has 0 spiro atoms. The van der Waals surface area contributed by atoms with E-state index in [1.807, 2.05) is 19.9 Å². The fourth-order valence-corrected chi connectivity index (χ4v) is 1.92. The van der Waals surface area contributed by atoms with Gasteiger partial charge >= 0.3 is 0 Å². The molecule has 0 aliphatic heterocycles. The highest BCUT2D eigenvalue weighted by atomic mass is 19.2. The van der Waals surface area contributed by atoms with Crippen molar-refractivity contribution in [2.24, 2.45) is 0 Å². The third-order valence-corrected chi connectivity index (χ3v) is 3.04. The van der Waals surface area contributed by atoms with Gasteiger partial charge in [-0.2, -0.15) is 4.39 Å². The Morgan fingerprint density at radius 2 is 2.05 bits per heavy atom. The SMILES string of the molecule is CC(C)N(Cc1cccnc1)C(=O)c1ccnc(F)c1F. The van der Waals surface area contributed by atoms with Crippen LogP contribution in [0.15, 0.2) is 36.8 Å². The summed E-state index contributed by atoms with van der Waals surface area (Å²) in [5, 5.41) is 0. The number of hydrogen-bond donors (Lipinski definition) is 0. The zero-order chi connectivity index (χ0) is 15.4. The van der Waals surface area contributed by atoms with Crippen LogP contribution in [0, 0.1) is 11.8 Å². The number of hydrogen-bond acceptors (Lipinski definition) is 3. The molecule has 21 heavy (non-hydrogen) atoms. The van der Waals surface area contributed by atoms with Crippen molar-refractivity contribution in [3.8, 4) is 0 Å². The van der Waals surface area contributed by atoms with Gasteiger partial charge in [0.25, 0.3) is 5.91 Å². The standard InChI is InChI=1S/C15H15F2N3O/c1-10(2)20(9-11-4-3-6-18-8-11)15(21)12-5-7-19-14(17)13(12)16/h3-8,10H,9H2,1-2H3. The van der Waals surface area contributed by atoms with Crippen molar-refractivity contribution < 1.29 is 13.6 Å². The summed E-state index contributed by atoms with van der Waals surface area (Å²) < 4.78 is 26.9. The lowest BCUT2D eigenvalue weighted by molar-refractivity contribution is 0.0683. The minimum absolute atomic E-state index is 0.173. The molecular formula is C15H15F2N3O. The van der Waals surface area contributed by atoms with Crippen LogP contribution < -0.4 is 0 Å². The highest BCUT2D eigenvalue weighted by Crippen LogP contribution is 2.16. The maximum absolute atomic E-state index is 13.7. The van der Waals surface area contributed by atoms with Crippen LogP contribution in [0.3, 0.4) is 0 Å². The zero-order valence-corrected chi connectivity index (χ0v) is 11.8. The molecule has 2 heterocycles. The molecule has 6 heteroatoms. The van der Waals surface area contributed by atoms with Crippen LogP contribution in [0.25, 0.3) is 0 Å². The van der Waals surface area contributed by atoms with Gasteiger partial charge in [-0.1, -0.05) is 6.07 Å². The van der Waals surface area contributed by atoms with Crippen molar-refractivity contribution in [2.45, 2.75) is 26.4 Å². The minimum atomic E-state index is -1.27. The Morgan fingerprint density at radius 3 is 2.67 bits per heavy atom. The van der Waals surface area contributed by atoms with Gasteiger partial charge in [-0.15, -0.1) is 0 Å². The van der Waals surface area contributed by atoms with E-state index in [1.165, 1.54) is 11.0 Å². The second-order valence-electron chi connectivity index (χ2n) is 4.85. The summed E-state index contributed by atoms with van der Waals surface area (Å²) in [6.45, 7) is 3.89. The van der Waals surface area contributed by atoms with Gasteiger partial charge in [0, 0.05) is 31.2 Å². The second kappa shape index (κ2) is 6.39. The molecule has 2 aromatic rings. The molecule has 0 aromatic carbocycles. The van der Waals surface area contributed by atoms with Gasteiger partial charge < -0.3 is 4.90 Å². The fraction of sp³-hybridized carbons (Fsp3) is 0.267. The smallest absolute Gasteiger partial charge is 0.257 e. The van der Waals surface area contributed by atoms with E-state index >= 15 is 0 Å². The topological polar surface area (TPSA) is 46.1 Å². The van der Waals surface area contributed by atoms with Crippen LogP contribution in [0.4, 0.5) is 8.78 Å². The first-order valence-corrected chi connectivity index (χ1v) is 6.50. The molecule has 0 atom stereocenters. The summed E-state index contributed by atoms with van der Waals surface area (Å²) in [5.74, 6) is -3.07. The van der Waals surface area contributed by atoms with E-state index in [0.29, 0.717) is 0 Å². The molecule has 0 aliphatic carbocycles. The van der Waals surface area contributed by atoms with Crippen LogP contribution in [0.2, 0.25) is 0 Å². The molecule has 0 saturated carbocycles. The Labute approximate surface area is 121 Å². The summed E-state index contributed by atoms with van der Waals surface area (Å²) in [4.78, 5) is 21.1. The number of aromatic nitrogens is 2. The van der Waals surface area contributed by atoms with E-state index in [9.17, 15) is 13.6 Å². The van der Waals surface area contributed by atoms with Crippen LogP contribution in [0.1, 0.15) is 29.8 Å². The van der Waals surface area contributed by atoms with Crippen molar-refractivity contribution in [3.63, 3.8) is 0 Å². The predicted molar refractivity (Wildman–Crippen MR) is 73.4 cm³/mol. The third-order valence-electron chi connectivity index (χ3n) is 3.04. The van der Waals surface area contributed by atoms with E-state index in [4.69, 9.17) is 0 Å². The van der Waals surface area contributed by atoms with Crippen LogP contribution >= 0.6 is 0 Å². The van der Waals surface area contributed by atoms with E-state index in [2.05, 4.69) is 9.97 Å².